The number of carbonyl (C=O) groups is 2. The third-order valence-electron chi connectivity index (χ3n) is 6.53. The molecule has 9 nitrogen and oxygen atoms in total. The van der Waals surface area contributed by atoms with Crippen molar-refractivity contribution in [3.63, 3.8) is 0 Å². The number of aryl methyl sites for hydroxylation is 1. The van der Waals surface area contributed by atoms with Crippen LogP contribution in [0.3, 0.4) is 0 Å². The van der Waals surface area contributed by atoms with E-state index in [1.54, 1.807) is 18.2 Å². The van der Waals surface area contributed by atoms with Crippen LogP contribution in [-0.2, 0) is 9.59 Å². The summed E-state index contributed by atoms with van der Waals surface area (Å²) in [7, 11) is 0. The number of nitro benzene ring substituents is 1. The summed E-state index contributed by atoms with van der Waals surface area (Å²) in [5.74, 6) is -0.743. The lowest BCUT2D eigenvalue weighted by molar-refractivity contribution is -0.384. The largest absolute Gasteiger partial charge is 0.507 e. The molecule has 0 spiro atoms. The Balaban J connectivity index is 2.07. The van der Waals surface area contributed by atoms with Gasteiger partial charge in [0.25, 0.3) is 17.4 Å². The summed E-state index contributed by atoms with van der Waals surface area (Å²) in [5, 5.41) is 22.5. The van der Waals surface area contributed by atoms with Gasteiger partial charge in [0.15, 0.2) is 0 Å². The lowest BCUT2D eigenvalue weighted by Gasteiger charge is -2.28. The van der Waals surface area contributed by atoms with Gasteiger partial charge >= 0.3 is 0 Å². The maximum absolute atomic E-state index is 13.2. The number of ether oxygens (including phenoxy) is 1. The number of carbonyl (C=O) groups excluding carboxylic acids is 2. The van der Waals surface area contributed by atoms with E-state index in [-0.39, 0.29) is 23.6 Å². The number of nitro groups is 1. The minimum atomic E-state index is -0.867. The van der Waals surface area contributed by atoms with Crippen molar-refractivity contribution < 1.29 is 24.4 Å². The lowest BCUT2D eigenvalue weighted by Crippen LogP contribution is -2.38. The molecular weight excluding hydrogens is 474 g/mol. The van der Waals surface area contributed by atoms with E-state index >= 15 is 0 Å². The first-order valence-electron chi connectivity index (χ1n) is 12.6. The van der Waals surface area contributed by atoms with Gasteiger partial charge in [-0.2, -0.15) is 0 Å². The van der Waals surface area contributed by atoms with E-state index in [0.717, 1.165) is 18.7 Å². The number of hydrogen-bond donors (Lipinski definition) is 1. The number of aliphatic hydroxyl groups is 1. The van der Waals surface area contributed by atoms with Crippen LogP contribution in [0.2, 0.25) is 0 Å². The van der Waals surface area contributed by atoms with Crippen LogP contribution in [0.4, 0.5) is 5.69 Å². The van der Waals surface area contributed by atoms with E-state index in [9.17, 15) is 24.8 Å². The molecule has 1 N–H and O–H groups in total. The zero-order valence-corrected chi connectivity index (χ0v) is 22.1. The molecule has 198 valence electrons. The van der Waals surface area contributed by atoms with E-state index in [4.69, 9.17) is 4.74 Å². The molecule has 0 bridgehead atoms. The Morgan fingerprint density at radius 3 is 2.32 bits per heavy atom. The predicted octanol–water partition coefficient (Wildman–Crippen LogP) is 4.70. The fourth-order valence-electron chi connectivity index (χ4n) is 4.40. The summed E-state index contributed by atoms with van der Waals surface area (Å²) in [4.78, 5) is 40.6. The number of amides is 1. The molecule has 2 aromatic carbocycles. The molecule has 3 rings (SSSR count). The number of likely N-dealkylation sites (N-methyl/N-ethyl adjacent to an activating group) is 1. The van der Waals surface area contributed by atoms with Crippen molar-refractivity contribution in [3.8, 4) is 5.75 Å². The Morgan fingerprint density at radius 2 is 1.78 bits per heavy atom. The molecule has 1 fully saturated rings. The molecule has 1 heterocycles. The molecule has 0 saturated carbocycles. The average Bonchev–Trinajstić information content (AvgIpc) is 3.13. The summed E-state index contributed by atoms with van der Waals surface area (Å²) in [6, 6.07) is 9.99. The first kappa shape index (κ1) is 27.9. The van der Waals surface area contributed by atoms with Crippen molar-refractivity contribution in [1.29, 1.82) is 0 Å². The maximum atomic E-state index is 13.2. The molecule has 1 amide bonds. The summed E-state index contributed by atoms with van der Waals surface area (Å²) < 4.78 is 5.82. The normalized spacial score (nSPS) is 17.2. The summed E-state index contributed by atoms with van der Waals surface area (Å²) in [6.07, 6.45) is 0. The first-order valence-corrected chi connectivity index (χ1v) is 12.6. The number of Topliss-reactive ketones (excluding diaryl/α,β-unsaturated/α-hetero) is 1. The van der Waals surface area contributed by atoms with Crippen LogP contribution >= 0.6 is 0 Å². The molecular formula is C28H35N3O6. The topological polar surface area (TPSA) is 113 Å². The number of nitrogens with zero attached hydrogens (tertiary/aromatic N) is 3. The van der Waals surface area contributed by atoms with Gasteiger partial charge in [-0.15, -0.1) is 0 Å². The second-order valence-corrected chi connectivity index (χ2v) is 9.55. The predicted molar refractivity (Wildman–Crippen MR) is 141 cm³/mol. The van der Waals surface area contributed by atoms with Gasteiger partial charge in [0.2, 0.25) is 0 Å². The van der Waals surface area contributed by atoms with Crippen LogP contribution in [-0.4, -0.2) is 64.3 Å². The van der Waals surface area contributed by atoms with Gasteiger partial charge in [0.05, 0.1) is 23.1 Å². The third kappa shape index (κ3) is 6.17. The highest BCUT2D eigenvalue weighted by Crippen LogP contribution is 2.40. The molecule has 1 atom stereocenters. The molecule has 0 aromatic heterocycles. The highest BCUT2D eigenvalue weighted by atomic mass is 16.6. The highest BCUT2D eigenvalue weighted by Gasteiger charge is 2.46. The number of likely N-dealkylation sites (tertiary alicyclic amines) is 1. The second-order valence-electron chi connectivity index (χ2n) is 9.55. The molecule has 0 aliphatic carbocycles. The highest BCUT2D eigenvalue weighted by molar-refractivity contribution is 6.46. The molecule has 0 unspecified atom stereocenters. The summed E-state index contributed by atoms with van der Waals surface area (Å²) in [6.45, 7) is 12.9. The van der Waals surface area contributed by atoms with Crippen molar-refractivity contribution in [3.05, 3.63) is 74.8 Å². The van der Waals surface area contributed by atoms with Gasteiger partial charge in [-0.05, 0) is 67.4 Å². The monoisotopic (exact) mass is 509 g/mol. The average molecular weight is 510 g/mol. The van der Waals surface area contributed by atoms with Crippen LogP contribution in [0.5, 0.6) is 5.75 Å². The molecule has 37 heavy (non-hydrogen) atoms. The Morgan fingerprint density at radius 1 is 1.14 bits per heavy atom. The van der Waals surface area contributed by atoms with Crippen LogP contribution in [0.1, 0.15) is 50.4 Å². The smallest absolute Gasteiger partial charge is 0.295 e. The van der Waals surface area contributed by atoms with E-state index in [2.05, 4.69) is 4.90 Å². The molecule has 9 heteroatoms. The van der Waals surface area contributed by atoms with Gasteiger partial charge in [-0.3, -0.25) is 19.7 Å². The van der Waals surface area contributed by atoms with E-state index in [1.165, 1.54) is 29.2 Å². The lowest BCUT2D eigenvalue weighted by atomic mass is 9.94. The fraction of sp³-hybridized carbons (Fsp3) is 0.429. The van der Waals surface area contributed by atoms with E-state index in [0.29, 0.717) is 35.9 Å². The van der Waals surface area contributed by atoms with Gasteiger partial charge in [-0.1, -0.05) is 27.7 Å². The quantitative estimate of drug-likeness (QED) is 0.154. The Labute approximate surface area is 217 Å². The first-order chi connectivity index (χ1) is 17.6. The number of benzene rings is 2. The number of non-ortho nitro benzene ring substituents is 1. The zero-order chi connectivity index (χ0) is 27.3. The molecule has 1 saturated heterocycles. The number of ketones is 1. The Kier molecular flexibility index (Phi) is 9.04. The molecule has 1 aliphatic heterocycles. The summed E-state index contributed by atoms with van der Waals surface area (Å²) >= 11 is 0. The van der Waals surface area contributed by atoms with Crippen molar-refractivity contribution in [1.82, 2.24) is 9.80 Å². The zero-order valence-electron chi connectivity index (χ0n) is 22.1. The van der Waals surface area contributed by atoms with Gasteiger partial charge in [-0.25, -0.2) is 0 Å². The standard InChI is InChI=1S/C28H35N3O6/c1-6-29(7-2)14-15-30-25(20-8-11-22(12-9-20)31(35)36)24(27(33)28(30)34)26(32)21-10-13-23(19(5)16-21)37-17-18(3)4/h8-13,16,18,25,32H,6-7,14-15,17H2,1-5H3/b26-24+/t25-/m0/s1. The maximum Gasteiger partial charge on any atom is 0.295 e. The SMILES string of the molecule is CCN(CC)CCN1C(=O)C(=O)/C(=C(/O)c2ccc(OCC(C)C)c(C)c2)[C@@H]1c1ccc([N+](=O)[O-])cc1. The molecule has 2 aromatic rings. The van der Waals surface area contributed by atoms with Gasteiger partial charge in [0.1, 0.15) is 11.5 Å². The Bertz CT molecular complexity index is 1180. The number of rotatable bonds is 11. The van der Waals surface area contributed by atoms with Crippen molar-refractivity contribution in [2.75, 3.05) is 32.8 Å². The molecule has 1 aliphatic rings. The van der Waals surface area contributed by atoms with Crippen LogP contribution < -0.4 is 4.74 Å². The Hall–Kier alpha value is -3.72. The van der Waals surface area contributed by atoms with Crippen LogP contribution in [0.25, 0.3) is 5.76 Å². The van der Waals surface area contributed by atoms with Crippen molar-refractivity contribution in [2.45, 2.75) is 40.7 Å². The summed E-state index contributed by atoms with van der Waals surface area (Å²) in [5.41, 5.74) is 1.56. The van der Waals surface area contributed by atoms with E-state index in [1.807, 2.05) is 34.6 Å². The van der Waals surface area contributed by atoms with Crippen LogP contribution in [0, 0.1) is 23.0 Å². The minimum absolute atomic E-state index is 0.0337. The van der Waals surface area contributed by atoms with Crippen molar-refractivity contribution >= 4 is 23.1 Å². The number of hydrogen-bond acceptors (Lipinski definition) is 7. The van der Waals surface area contributed by atoms with Crippen molar-refractivity contribution in [2.24, 2.45) is 5.92 Å². The minimum Gasteiger partial charge on any atom is -0.507 e. The molecule has 0 radical (unpaired) electrons. The number of aliphatic hydroxyl groups excluding tert-OH is 1. The second kappa shape index (κ2) is 12.0. The van der Waals surface area contributed by atoms with Crippen LogP contribution in [0.15, 0.2) is 48.0 Å². The van der Waals surface area contributed by atoms with E-state index < -0.39 is 22.7 Å². The third-order valence-corrected chi connectivity index (χ3v) is 6.53. The fourth-order valence-corrected chi connectivity index (χ4v) is 4.40. The van der Waals surface area contributed by atoms with Gasteiger partial charge < -0.3 is 19.6 Å². The van der Waals surface area contributed by atoms with Gasteiger partial charge in [0, 0.05) is 30.8 Å².